The molecule has 0 spiro atoms. The predicted octanol–water partition coefficient (Wildman–Crippen LogP) is 0.768. The number of rotatable bonds is 3. The summed E-state index contributed by atoms with van der Waals surface area (Å²) in [5, 5.41) is 17.6. The van der Waals surface area contributed by atoms with E-state index < -0.39 is 12.0 Å². The zero-order chi connectivity index (χ0) is 9.84. The highest BCUT2D eigenvalue weighted by Gasteiger charge is 2.11. The Balaban J connectivity index is 0.00000169. The molecule has 4 nitrogen and oxygen atoms in total. The number of benzene rings is 1. The molecule has 0 fully saturated rings. The van der Waals surface area contributed by atoms with Crippen LogP contribution in [-0.2, 0) is 11.2 Å². The highest BCUT2D eigenvalue weighted by atomic mass is 35.5. The number of phenolic OH excluding ortho intramolecular Hbond substituents is 1. The smallest absolute Gasteiger partial charge is 0.320 e. The number of carboxylic acid groups (broad SMARTS) is 1. The minimum Gasteiger partial charge on any atom is -0.508 e. The Bertz CT molecular complexity index is 317. The van der Waals surface area contributed by atoms with Gasteiger partial charge in [-0.25, -0.2) is 0 Å². The quantitative estimate of drug-likeness (QED) is 0.698. The fraction of sp³-hybridized carbons (Fsp3) is 0.222. The van der Waals surface area contributed by atoms with Gasteiger partial charge in [0, 0.05) is 0 Å². The second kappa shape index (κ2) is 5.47. The second-order valence-corrected chi connectivity index (χ2v) is 2.82. The van der Waals surface area contributed by atoms with Gasteiger partial charge >= 0.3 is 5.97 Å². The van der Waals surface area contributed by atoms with Gasteiger partial charge < -0.3 is 15.9 Å². The highest BCUT2D eigenvalue weighted by Crippen LogP contribution is 2.11. The lowest BCUT2D eigenvalue weighted by Gasteiger charge is -2.05. The molecule has 0 unspecified atom stereocenters. The molecule has 0 aliphatic rings. The number of phenols is 1. The fourth-order valence-electron chi connectivity index (χ4n) is 1.02. The number of nitrogens with two attached hydrogens (primary N) is 1. The maximum absolute atomic E-state index is 10.4. The van der Waals surface area contributed by atoms with E-state index in [0.717, 1.165) is 5.56 Å². The third kappa shape index (κ3) is 3.64. The van der Waals surface area contributed by atoms with E-state index in [4.69, 9.17) is 15.9 Å². The number of carboxylic acids is 1. The maximum atomic E-state index is 10.4. The Morgan fingerprint density at radius 2 is 2.14 bits per heavy atom. The number of hydrogen-bond acceptors (Lipinski definition) is 3. The van der Waals surface area contributed by atoms with Crippen molar-refractivity contribution in [3.63, 3.8) is 0 Å². The third-order valence-electron chi connectivity index (χ3n) is 1.68. The molecule has 1 rings (SSSR count). The predicted molar refractivity (Wildman–Crippen MR) is 54.7 cm³/mol. The average Bonchev–Trinajstić information content (AvgIpc) is 2.04. The van der Waals surface area contributed by atoms with E-state index >= 15 is 0 Å². The molecule has 0 aliphatic carbocycles. The van der Waals surface area contributed by atoms with E-state index in [1.165, 1.54) is 12.1 Å². The molecule has 0 aromatic heterocycles. The van der Waals surface area contributed by atoms with Gasteiger partial charge in [0.2, 0.25) is 0 Å². The van der Waals surface area contributed by atoms with Crippen LogP contribution in [0.15, 0.2) is 24.3 Å². The molecule has 5 heteroatoms. The first-order valence-corrected chi connectivity index (χ1v) is 3.86. The summed E-state index contributed by atoms with van der Waals surface area (Å²) in [7, 11) is 0. The average molecular weight is 218 g/mol. The van der Waals surface area contributed by atoms with Gasteiger partial charge in [0.15, 0.2) is 0 Å². The summed E-state index contributed by atoms with van der Waals surface area (Å²) in [5.74, 6) is -0.918. The molecule has 1 atom stereocenters. The molecule has 0 heterocycles. The third-order valence-corrected chi connectivity index (χ3v) is 1.68. The molecule has 4 N–H and O–H groups in total. The van der Waals surface area contributed by atoms with Crippen LogP contribution in [0, 0.1) is 0 Å². The first-order chi connectivity index (χ1) is 6.09. The number of halogens is 1. The van der Waals surface area contributed by atoms with E-state index in [1.54, 1.807) is 12.1 Å². The van der Waals surface area contributed by atoms with Crippen LogP contribution in [0.4, 0.5) is 0 Å². The summed E-state index contributed by atoms with van der Waals surface area (Å²) < 4.78 is 0. The van der Waals surface area contributed by atoms with Gasteiger partial charge in [0.25, 0.3) is 0 Å². The number of aliphatic carboxylic acids is 1. The second-order valence-electron chi connectivity index (χ2n) is 2.82. The molecule has 0 bridgehead atoms. The number of hydrogen-bond donors (Lipinski definition) is 3. The van der Waals surface area contributed by atoms with Gasteiger partial charge in [0.05, 0.1) is 0 Å². The molecule has 0 saturated heterocycles. The number of carbonyl (C=O) groups is 1. The van der Waals surface area contributed by atoms with E-state index in [1.807, 2.05) is 0 Å². The Labute approximate surface area is 87.8 Å². The van der Waals surface area contributed by atoms with Gasteiger partial charge in [-0.1, -0.05) is 12.1 Å². The van der Waals surface area contributed by atoms with E-state index in [9.17, 15) is 4.79 Å². The zero-order valence-electron chi connectivity index (χ0n) is 7.38. The van der Waals surface area contributed by atoms with Gasteiger partial charge in [-0.2, -0.15) is 0 Å². The topological polar surface area (TPSA) is 83.5 Å². The monoisotopic (exact) mass is 217 g/mol. The van der Waals surface area contributed by atoms with Crippen molar-refractivity contribution in [2.45, 2.75) is 12.5 Å². The summed E-state index contributed by atoms with van der Waals surface area (Å²) >= 11 is 0. The van der Waals surface area contributed by atoms with Gasteiger partial charge in [-0.3, -0.25) is 4.79 Å². The van der Waals surface area contributed by atoms with Gasteiger partial charge in [-0.15, -0.1) is 12.4 Å². The Hall–Kier alpha value is -1.26. The molecular weight excluding hydrogens is 206 g/mol. The van der Waals surface area contributed by atoms with Crippen LogP contribution >= 0.6 is 12.4 Å². The lowest BCUT2D eigenvalue weighted by Crippen LogP contribution is -2.32. The standard InChI is InChI=1S/C9H11NO3.ClH/c10-8(9(12)13)5-6-2-1-3-7(11)4-6;/h1-4,8,11H,5,10H2,(H,12,13);1H/t8-;/m0./s1. The largest absolute Gasteiger partial charge is 0.508 e. The van der Waals surface area contributed by atoms with Gasteiger partial charge in [-0.05, 0) is 24.1 Å². The molecule has 78 valence electrons. The van der Waals surface area contributed by atoms with Crippen LogP contribution in [0.3, 0.4) is 0 Å². The molecule has 14 heavy (non-hydrogen) atoms. The summed E-state index contributed by atoms with van der Waals surface area (Å²) in [5.41, 5.74) is 6.03. The van der Waals surface area contributed by atoms with Crippen LogP contribution < -0.4 is 5.73 Å². The van der Waals surface area contributed by atoms with Crippen LogP contribution in [0.5, 0.6) is 5.75 Å². The van der Waals surface area contributed by atoms with Crippen LogP contribution in [0.2, 0.25) is 0 Å². The molecule has 0 amide bonds. The van der Waals surface area contributed by atoms with E-state index in [0.29, 0.717) is 0 Å². The summed E-state index contributed by atoms with van der Waals surface area (Å²) in [4.78, 5) is 10.4. The van der Waals surface area contributed by atoms with Crippen molar-refractivity contribution >= 4 is 18.4 Å². The zero-order valence-corrected chi connectivity index (χ0v) is 8.20. The first-order valence-electron chi connectivity index (χ1n) is 3.86. The van der Waals surface area contributed by atoms with Crippen LogP contribution in [0.1, 0.15) is 5.56 Å². The molecular formula is C9H12ClNO3. The van der Waals surface area contributed by atoms with Crippen LogP contribution in [-0.4, -0.2) is 22.2 Å². The summed E-state index contributed by atoms with van der Waals surface area (Å²) in [6.45, 7) is 0. The fourth-order valence-corrected chi connectivity index (χ4v) is 1.02. The number of aromatic hydroxyl groups is 1. The van der Waals surface area contributed by atoms with Gasteiger partial charge in [0.1, 0.15) is 11.8 Å². The Kier molecular flexibility index (Phi) is 4.97. The summed E-state index contributed by atoms with van der Waals surface area (Å²) in [6, 6.07) is 5.49. The normalized spacial score (nSPS) is 11.5. The highest BCUT2D eigenvalue weighted by molar-refractivity contribution is 5.85. The van der Waals surface area contributed by atoms with Crippen molar-refractivity contribution in [3.05, 3.63) is 29.8 Å². The van der Waals surface area contributed by atoms with Crippen LogP contribution in [0.25, 0.3) is 0 Å². The van der Waals surface area contributed by atoms with Crippen molar-refractivity contribution in [1.29, 1.82) is 0 Å². The maximum Gasteiger partial charge on any atom is 0.320 e. The minimum atomic E-state index is -1.04. The molecule has 0 saturated carbocycles. The molecule has 0 radical (unpaired) electrons. The lowest BCUT2D eigenvalue weighted by atomic mass is 10.1. The van der Waals surface area contributed by atoms with Crippen molar-refractivity contribution < 1.29 is 15.0 Å². The van der Waals surface area contributed by atoms with E-state index in [2.05, 4.69) is 0 Å². The lowest BCUT2D eigenvalue weighted by molar-refractivity contribution is -0.138. The van der Waals surface area contributed by atoms with Crippen molar-refractivity contribution in [3.8, 4) is 5.75 Å². The SMILES string of the molecule is Cl.N[C@@H](Cc1cccc(O)c1)C(=O)O. The molecule has 0 aliphatic heterocycles. The Morgan fingerprint density at radius 3 is 2.64 bits per heavy atom. The van der Waals surface area contributed by atoms with Crippen molar-refractivity contribution in [2.24, 2.45) is 5.73 Å². The molecule has 1 aromatic rings. The summed E-state index contributed by atoms with van der Waals surface area (Å²) in [6.07, 6.45) is 0.226. The first kappa shape index (κ1) is 12.7. The van der Waals surface area contributed by atoms with E-state index in [-0.39, 0.29) is 24.6 Å². The van der Waals surface area contributed by atoms with Crippen molar-refractivity contribution in [2.75, 3.05) is 0 Å². The Morgan fingerprint density at radius 1 is 1.50 bits per heavy atom. The minimum absolute atomic E-state index is 0. The van der Waals surface area contributed by atoms with Crippen molar-refractivity contribution in [1.82, 2.24) is 0 Å². The molecule has 1 aromatic carbocycles.